The lowest BCUT2D eigenvalue weighted by Crippen LogP contribution is -2.38. The zero-order valence-corrected chi connectivity index (χ0v) is 18.3. The van der Waals surface area contributed by atoms with E-state index in [0.717, 1.165) is 22.6 Å². The van der Waals surface area contributed by atoms with Gasteiger partial charge in [0, 0.05) is 24.7 Å². The van der Waals surface area contributed by atoms with E-state index in [1.54, 1.807) is 19.9 Å². The molecule has 2 heterocycles. The molecule has 2 aromatic rings. The SMILES string of the molecule is CCC(OCn1ccc(=O)[nH]c1=O)S(=O)(=O)N[C@H](C)c1cccc(O[C@H]2CCOC2)c1. The molecule has 31 heavy (non-hydrogen) atoms. The summed E-state index contributed by atoms with van der Waals surface area (Å²) in [5, 5.41) is 0. The number of hydrogen-bond acceptors (Lipinski definition) is 7. The summed E-state index contributed by atoms with van der Waals surface area (Å²) in [6, 6.07) is 7.87. The van der Waals surface area contributed by atoms with E-state index in [0.29, 0.717) is 19.0 Å². The van der Waals surface area contributed by atoms with Gasteiger partial charge in [-0.3, -0.25) is 14.3 Å². The van der Waals surface area contributed by atoms with E-state index in [4.69, 9.17) is 14.2 Å². The predicted molar refractivity (Wildman–Crippen MR) is 113 cm³/mol. The Bertz CT molecular complexity index is 1090. The lowest BCUT2D eigenvalue weighted by molar-refractivity contribution is 0.0464. The van der Waals surface area contributed by atoms with E-state index < -0.39 is 32.8 Å². The Hall–Kier alpha value is -2.47. The van der Waals surface area contributed by atoms with Gasteiger partial charge in [0.15, 0.2) is 5.44 Å². The number of rotatable bonds is 10. The van der Waals surface area contributed by atoms with Gasteiger partial charge >= 0.3 is 5.69 Å². The van der Waals surface area contributed by atoms with Gasteiger partial charge in [-0.15, -0.1) is 0 Å². The van der Waals surface area contributed by atoms with Crippen LogP contribution in [-0.4, -0.2) is 42.7 Å². The molecule has 1 aromatic carbocycles. The van der Waals surface area contributed by atoms with Crippen molar-refractivity contribution in [1.82, 2.24) is 14.3 Å². The largest absolute Gasteiger partial charge is 0.488 e. The molecule has 3 atom stereocenters. The van der Waals surface area contributed by atoms with Crippen LogP contribution in [0.1, 0.15) is 38.3 Å². The quantitative estimate of drug-likeness (QED) is 0.551. The molecule has 170 valence electrons. The van der Waals surface area contributed by atoms with Crippen LogP contribution in [-0.2, 0) is 26.2 Å². The lowest BCUT2D eigenvalue weighted by atomic mass is 10.1. The van der Waals surface area contributed by atoms with Gasteiger partial charge in [-0.05, 0) is 31.0 Å². The fourth-order valence-electron chi connectivity index (χ4n) is 3.18. The van der Waals surface area contributed by atoms with Crippen LogP contribution >= 0.6 is 0 Å². The highest BCUT2D eigenvalue weighted by Crippen LogP contribution is 2.23. The number of nitrogens with zero attached hydrogens (tertiary/aromatic N) is 1. The average Bonchev–Trinajstić information content (AvgIpc) is 3.22. The van der Waals surface area contributed by atoms with Crippen LogP contribution in [0.5, 0.6) is 5.75 Å². The van der Waals surface area contributed by atoms with Crippen molar-refractivity contribution >= 4 is 10.0 Å². The first kappa shape index (κ1) is 23.2. The molecule has 0 spiro atoms. The van der Waals surface area contributed by atoms with Crippen molar-refractivity contribution in [2.24, 2.45) is 0 Å². The summed E-state index contributed by atoms with van der Waals surface area (Å²) in [4.78, 5) is 25.0. The minimum Gasteiger partial charge on any atom is -0.488 e. The topological polar surface area (TPSA) is 129 Å². The first-order chi connectivity index (χ1) is 14.8. The molecule has 1 saturated heterocycles. The zero-order chi connectivity index (χ0) is 22.4. The summed E-state index contributed by atoms with van der Waals surface area (Å²) in [6.45, 7) is 4.30. The standard InChI is InChI=1S/C20H27N3O7S/c1-3-19(29-13-23-9-7-18(24)21-20(23)25)31(26,27)22-14(2)15-5-4-6-16(11-15)30-17-8-10-28-12-17/h4-7,9,11,14,17,19,22H,3,8,10,12-13H2,1-2H3,(H,21,24,25)/t14-,17+,19?/m1/s1. The van der Waals surface area contributed by atoms with Crippen molar-refractivity contribution in [3.63, 3.8) is 0 Å². The summed E-state index contributed by atoms with van der Waals surface area (Å²) in [7, 11) is -3.87. The van der Waals surface area contributed by atoms with Gasteiger partial charge < -0.3 is 14.2 Å². The van der Waals surface area contributed by atoms with Gasteiger partial charge in [0.1, 0.15) is 18.6 Å². The van der Waals surface area contributed by atoms with E-state index in [2.05, 4.69) is 9.71 Å². The third kappa shape index (κ3) is 6.26. The van der Waals surface area contributed by atoms with E-state index in [1.165, 1.54) is 6.20 Å². The van der Waals surface area contributed by atoms with Crippen molar-refractivity contribution in [2.75, 3.05) is 13.2 Å². The van der Waals surface area contributed by atoms with Crippen LogP contribution < -0.4 is 20.7 Å². The smallest absolute Gasteiger partial charge is 0.330 e. The molecule has 10 nitrogen and oxygen atoms in total. The Balaban J connectivity index is 1.64. The van der Waals surface area contributed by atoms with Crippen molar-refractivity contribution in [3.05, 3.63) is 62.9 Å². The van der Waals surface area contributed by atoms with Crippen LogP contribution in [0.15, 0.2) is 46.1 Å². The van der Waals surface area contributed by atoms with E-state index in [9.17, 15) is 18.0 Å². The molecule has 1 aliphatic heterocycles. The van der Waals surface area contributed by atoms with Crippen LogP contribution in [0, 0.1) is 0 Å². The Labute approximate surface area is 180 Å². The van der Waals surface area contributed by atoms with Gasteiger partial charge in [-0.2, -0.15) is 0 Å². The summed E-state index contributed by atoms with van der Waals surface area (Å²) >= 11 is 0. The predicted octanol–water partition coefficient (Wildman–Crippen LogP) is 1.10. The van der Waals surface area contributed by atoms with Crippen molar-refractivity contribution in [2.45, 2.75) is 51.0 Å². The highest BCUT2D eigenvalue weighted by Gasteiger charge is 2.27. The van der Waals surface area contributed by atoms with Crippen LogP contribution in [0.25, 0.3) is 0 Å². The second kappa shape index (κ2) is 10.2. The van der Waals surface area contributed by atoms with Crippen molar-refractivity contribution in [1.29, 1.82) is 0 Å². The summed E-state index contributed by atoms with van der Waals surface area (Å²) < 4.78 is 46.0. The molecule has 3 rings (SSSR count). The van der Waals surface area contributed by atoms with Gasteiger partial charge in [0.2, 0.25) is 10.0 Å². The molecule has 1 aromatic heterocycles. The van der Waals surface area contributed by atoms with Crippen LogP contribution in [0.4, 0.5) is 0 Å². The van der Waals surface area contributed by atoms with Crippen molar-refractivity contribution in [3.8, 4) is 5.75 Å². The maximum Gasteiger partial charge on any atom is 0.330 e. The Morgan fingerprint density at radius 3 is 2.81 bits per heavy atom. The molecule has 2 N–H and O–H groups in total. The molecule has 0 saturated carbocycles. The second-order valence-electron chi connectivity index (χ2n) is 7.27. The highest BCUT2D eigenvalue weighted by molar-refractivity contribution is 7.89. The van der Waals surface area contributed by atoms with Gasteiger partial charge in [-0.25, -0.2) is 17.9 Å². The molecule has 0 bridgehead atoms. The Morgan fingerprint density at radius 2 is 2.13 bits per heavy atom. The fraction of sp³-hybridized carbons (Fsp3) is 0.500. The van der Waals surface area contributed by atoms with Crippen LogP contribution in [0.3, 0.4) is 0 Å². The first-order valence-corrected chi connectivity index (χ1v) is 11.6. The lowest BCUT2D eigenvalue weighted by Gasteiger charge is -2.22. The summed E-state index contributed by atoms with van der Waals surface area (Å²) in [5.74, 6) is 0.653. The number of H-pyrrole nitrogens is 1. The number of ether oxygens (including phenoxy) is 3. The normalized spacial score (nSPS) is 18.6. The molecule has 0 amide bonds. The summed E-state index contributed by atoms with van der Waals surface area (Å²) in [5.41, 5.74) is -1.65. The monoisotopic (exact) mass is 453 g/mol. The number of aromatic amines is 1. The molecular weight excluding hydrogens is 426 g/mol. The third-order valence-corrected chi connectivity index (χ3v) is 6.71. The number of sulfonamides is 1. The maximum atomic E-state index is 12.8. The molecule has 11 heteroatoms. The van der Waals surface area contributed by atoms with Gasteiger partial charge in [0.05, 0.1) is 13.2 Å². The van der Waals surface area contributed by atoms with E-state index >= 15 is 0 Å². The first-order valence-electron chi connectivity index (χ1n) is 10.1. The molecular formula is C20H27N3O7S. The number of hydrogen-bond donors (Lipinski definition) is 2. The number of aromatic nitrogens is 2. The van der Waals surface area contributed by atoms with E-state index in [-0.39, 0.29) is 19.3 Å². The maximum absolute atomic E-state index is 12.8. The van der Waals surface area contributed by atoms with Crippen molar-refractivity contribution < 1.29 is 22.6 Å². The minimum absolute atomic E-state index is 0.00329. The number of benzene rings is 1. The third-order valence-electron chi connectivity index (χ3n) is 4.87. The zero-order valence-electron chi connectivity index (χ0n) is 17.4. The highest BCUT2D eigenvalue weighted by atomic mass is 32.2. The van der Waals surface area contributed by atoms with Crippen LogP contribution in [0.2, 0.25) is 0 Å². The fourth-order valence-corrected chi connectivity index (χ4v) is 4.64. The molecule has 1 aliphatic rings. The molecule has 1 fully saturated rings. The molecule has 1 unspecified atom stereocenters. The van der Waals surface area contributed by atoms with Gasteiger partial charge in [0.25, 0.3) is 5.56 Å². The van der Waals surface area contributed by atoms with Gasteiger partial charge in [-0.1, -0.05) is 19.1 Å². The Morgan fingerprint density at radius 1 is 1.32 bits per heavy atom. The number of nitrogens with one attached hydrogen (secondary N) is 2. The van der Waals surface area contributed by atoms with E-state index in [1.807, 2.05) is 18.2 Å². The minimum atomic E-state index is -3.87. The average molecular weight is 454 g/mol. The second-order valence-corrected chi connectivity index (χ2v) is 9.13. The molecule has 0 radical (unpaired) electrons. The molecule has 0 aliphatic carbocycles. The summed E-state index contributed by atoms with van der Waals surface area (Å²) in [6.07, 6.45) is 2.24. The Kier molecular flexibility index (Phi) is 7.65.